The molecule has 1 aliphatic heterocycles. The zero-order valence-corrected chi connectivity index (χ0v) is 9.76. The number of carbonyl (C=O) groups is 1. The lowest BCUT2D eigenvalue weighted by Crippen LogP contribution is -2.40. The molecule has 0 atom stereocenters. The Hall–Kier alpha value is -1.79. The van der Waals surface area contributed by atoms with Crippen molar-refractivity contribution in [1.29, 1.82) is 0 Å². The summed E-state index contributed by atoms with van der Waals surface area (Å²) in [6.45, 7) is 0.192. The van der Waals surface area contributed by atoms with Gasteiger partial charge in [0.25, 0.3) is 5.91 Å². The van der Waals surface area contributed by atoms with Crippen molar-refractivity contribution in [3.8, 4) is 11.5 Å². The van der Waals surface area contributed by atoms with E-state index in [1.54, 1.807) is 18.2 Å². The van der Waals surface area contributed by atoms with Gasteiger partial charge in [0.2, 0.25) is 0 Å². The van der Waals surface area contributed by atoms with E-state index >= 15 is 0 Å². The summed E-state index contributed by atoms with van der Waals surface area (Å²) in [6, 6.07) is 4.34. The fourth-order valence-electron chi connectivity index (χ4n) is 1.66. The Morgan fingerprint density at radius 2 is 2.00 bits per heavy atom. The maximum atomic E-state index is 12.0. The quantitative estimate of drug-likeness (QED) is 0.676. The van der Waals surface area contributed by atoms with Gasteiger partial charge in [-0.05, 0) is 12.1 Å². The Morgan fingerprint density at radius 1 is 1.28 bits per heavy atom. The zero-order valence-electron chi connectivity index (χ0n) is 9.76. The lowest BCUT2D eigenvalue weighted by molar-refractivity contribution is 0.0869. The van der Waals surface area contributed by atoms with Crippen LogP contribution < -0.4 is 14.8 Å². The van der Waals surface area contributed by atoms with Gasteiger partial charge in [-0.1, -0.05) is 6.07 Å². The molecule has 0 bridgehead atoms. The molecule has 1 aromatic carbocycles. The SMILES string of the molecule is O=C(NC(CO)CO)c1cccc2c1OCCO2. The number of fused-ring (bicyclic) bond motifs is 1. The van der Waals surface area contributed by atoms with Gasteiger partial charge in [-0.15, -0.1) is 0 Å². The van der Waals surface area contributed by atoms with Crippen LogP contribution in [0.15, 0.2) is 18.2 Å². The van der Waals surface area contributed by atoms with Gasteiger partial charge in [-0.25, -0.2) is 0 Å². The summed E-state index contributed by atoms with van der Waals surface area (Å²) >= 11 is 0. The normalized spacial score (nSPS) is 13.5. The van der Waals surface area contributed by atoms with Crippen LogP contribution in [0.25, 0.3) is 0 Å². The molecular formula is C12H15NO5. The van der Waals surface area contributed by atoms with Crippen molar-refractivity contribution in [1.82, 2.24) is 5.32 Å². The second kappa shape index (κ2) is 5.70. The first-order valence-corrected chi connectivity index (χ1v) is 5.67. The standard InChI is InChI=1S/C12H15NO5/c14-6-8(7-15)13-12(16)9-2-1-3-10-11(9)18-5-4-17-10/h1-3,8,14-15H,4-7H2,(H,13,16). The Bertz CT molecular complexity index is 430. The van der Waals surface area contributed by atoms with Crippen molar-refractivity contribution in [2.45, 2.75) is 6.04 Å². The third kappa shape index (κ3) is 2.55. The van der Waals surface area contributed by atoms with Crippen molar-refractivity contribution < 1.29 is 24.5 Å². The molecule has 0 aliphatic carbocycles. The van der Waals surface area contributed by atoms with Crippen LogP contribution in [0, 0.1) is 0 Å². The molecule has 18 heavy (non-hydrogen) atoms. The minimum absolute atomic E-state index is 0.325. The van der Waals surface area contributed by atoms with E-state index in [4.69, 9.17) is 19.7 Å². The average Bonchev–Trinajstić information content (AvgIpc) is 2.43. The van der Waals surface area contributed by atoms with Gasteiger partial charge in [0.05, 0.1) is 24.8 Å². The van der Waals surface area contributed by atoms with Gasteiger partial charge in [-0.3, -0.25) is 4.79 Å². The number of rotatable bonds is 4. The summed E-state index contributed by atoms with van der Waals surface area (Å²) in [6.07, 6.45) is 0. The van der Waals surface area contributed by atoms with Crippen LogP contribution >= 0.6 is 0 Å². The van der Waals surface area contributed by atoms with Crippen LogP contribution in [0.2, 0.25) is 0 Å². The first kappa shape index (κ1) is 12.7. The molecule has 6 heteroatoms. The van der Waals surface area contributed by atoms with Crippen LogP contribution in [0.5, 0.6) is 11.5 Å². The molecule has 1 amide bonds. The molecule has 0 saturated carbocycles. The smallest absolute Gasteiger partial charge is 0.255 e. The number of aliphatic hydroxyl groups is 2. The predicted octanol–water partition coefficient (Wildman–Crippen LogP) is -0.459. The topological polar surface area (TPSA) is 88.0 Å². The van der Waals surface area contributed by atoms with Crippen LogP contribution in [0.4, 0.5) is 0 Å². The van der Waals surface area contributed by atoms with E-state index in [1.165, 1.54) is 0 Å². The van der Waals surface area contributed by atoms with Gasteiger partial charge in [0, 0.05) is 0 Å². The summed E-state index contributed by atoms with van der Waals surface area (Å²) in [5.74, 6) is 0.514. The van der Waals surface area contributed by atoms with E-state index in [2.05, 4.69) is 5.32 Å². The molecular weight excluding hydrogens is 238 g/mol. The second-order valence-electron chi connectivity index (χ2n) is 3.87. The number of carbonyl (C=O) groups excluding carboxylic acids is 1. The van der Waals surface area contributed by atoms with E-state index in [-0.39, 0.29) is 13.2 Å². The highest BCUT2D eigenvalue weighted by Crippen LogP contribution is 2.33. The summed E-state index contributed by atoms with van der Waals surface area (Å²) in [5.41, 5.74) is 0.333. The highest BCUT2D eigenvalue weighted by atomic mass is 16.6. The Kier molecular flexibility index (Phi) is 4.01. The minimum Gasteiger partial charge on any atom is -0.486 e. The van der Waals surface area contributed by atoms with Crippen molar-refractivity contribution in [2.24, 2.45) is 0 Å². The molecule has 0 radical (unpaired) electrons. The number of ether oxygens (including phenoxy) is 2. The summed E-state index contributed by atoms with van der Waals surface area (Å²) in [4.78, 5) is 12.0. The van der Waals surface area contributed by atoms with E-state index in [0.29, 0.717) is 30.3 Å². The number of nitrogens with one attached hydrogen (secondary N) is 1. The van der Waals surface area contributed by atoms with Gasteiger partial charge in [0.15, 0.2) is 11.5 Å². The Labute approximate surface area is 104 Å². The molecule has 2 rings (SSSR count). The first-order valence-electron chi connectivity index (χ1n) is 5.67. The van der Waals surface area contributed by atoms with Crippen molar-refractivity contribution >= 4 is 5.91 Å². The van der Waals surface area contributed by atoms with Gasteiger partial charge in [0.1, 0.15) is 13.2 Å². The van der Waals surface area contributed by atoms with Crippen LogP contribution in [0.1, 0.15) is 10.4 Å². The lowest BCUT2D eigenvalue weighted by atomic mass is 10.1. The van der Waals surface area contributed by atoms with Crippen LogP contribution in [-0.4, -0.2) is 48.6 Å². The predicted molar refractivity (Wildman–Crippen MR) is 62.9 cm³/mol. The average molecular weight is 253 g/mol. The maximum Gasteiger partial charge on any atom is 0.255 e. The van der Waals surface area contributed by atoms with E-state index < -0.39 is 11.9 Å². The monoisotopic (exact) mass is 253 g/mol. The first-order chi connectivity index (χ1) is 8.76. The molecule has 1 heterocycles. The molecule has 1 aromatic rings. The molecule has 3 N–H and O–H groups in total. The summed E-state index contributed by atoms with van der Waals surface area (Å²) in [7, 11) is 0. The third-order valence-electron chi connectivity index (χ3n) is 2.59. The molecule has 0 aromatic heterocycles. The Balaban J connectivity index is 2.20. The largest absolute Gasteiger partial charge is 0.486 e. The van der Waals surface area contributed by atoms with E-state index in [0.717, 1.165) is 0 Å². The molecule has 98 valence electrons. The summed E-state index contributed by atoms with van der Waals surface area (Å²) in [5, 5.41) is 20.4. The number of hydrogen-bond donors (Lipinski definition) is 3. The minimum atomic E-state index is -0.683. The molecule has 6 nitrogen and oxygen atoms in total. The highest BCUT2D eigenvalue weighted by molar-refractivity contribution is 5.98. The number of hydrogen-bond acceptors (Lipinski definition) is 5. The van der Waals surface area contributed by atoms with E-state index in [1.807, 2.05) is 0 Å². The fraction of sp³-hybridized carbons (Fsp3) is 0.417. The van der Waals surface area contributed by atoms with Gasteiger partial charge >= 0.3 is 0 Å². The fourth-order valence-corrected chi connectivity index (χ4v) is 1.66. The van der Waals surface area contributed by atoms with Crippen LogP contribution in [0.3, 0.4) is 0 Å². The number of amides is 1. The van der Waals surface area contributed by atoms with Gasteiger partial charge in [-0.2, -0.15) is 0 Å². The number of aliphatic hydroxyl groups excluding tert-OH is 2. The third-order valence-corrected chi connectivity index (χ3v) is 2.59. The Morgan fingerprint density at radius 3 is 2.72 bits per heavy atom. The molecule has 0 spiro atoms. The lowest BCUT2D eigenvalue weighted by Gasteiger charge is -2.21. The maximum absolute atomic E-state index is 12.0. The number of benzene rings is 1. The van der Waals surface area contributed by atoms with E-state index in [9.17, 15) is 4.79 Å². The zero-order chi connectivity index (χ0) is 13.0. The molecule has 0 fully saturated rings. The highest BCUT2D eigenvalue weighted by Gasteiger charge is 2.21. The van der Waals surface area contributed by atoms with Gasteiger partial charge < -0.3 is 25.0 Å². The molecule has 0 unspecified atom stereocenters. The second-order valence-corrected chi connectivity index (χ2v) is 3.87. The van der Waals surface area contributed by atoms with Crippen molar-refractivity contribution in [2.75, 3.05) is 26.4 Å². The molecule has 0 saturated heterocycles. The van der Waals surface area contributed by atoms with Crippen molar-refractivity contribution in [3.63, 3.8) is 0 Å². The van der Waals surface area contributed by atoms with Crippen LogP contribution in [-0.2, 0) is 0 Å². The molecule has 1 aliphatic rings. The van der Waals surface area contributed by atoms with Crippen molar-refractivity contribution in [3.05, 3.63) is 23.8 Å². The number of para-hydroxylation sites is 1. The summed E-state index contributed by atoms with van der Waals surface area (Å²) < 4.78 is 10.8.